The molecule has 13 heavy (non-hydrogen) atoms. The van der Waals surface area contributed by atoms with Gasteiger partial charge in [0, 0.05) is 12.8 Å². The van der Waals surface area contributed by atoms with Crippen LogP contribution in [0.5, 0.6) is 0 Å². The molecule has 0 bridgehead atoms. The molecule has 0 aliphatic carbocycles. The number of methoxy groups -OCH3 is 1. The second-order valence-electron chi connectivity index (χ2n) is 2.59. The molecule has 1 rings (SSSR count). The Hall–Kier alpha value is -1.07. The highest BCUT2D eigenvalue weighted by Crippen LogP contribution is 2.12. The van der Waals surface area contributed by atoms with Gasteiger partial charge in [0.05, 0.1) is 4.90 Å². The molecule has 0 radical (unpaired) electrons. The van der Waals surface area contributed by atoms with Crippen molar-refractivity contribution in [3.8, 4) is 0 Å². The number of hydrogen-bond acceptors (Lipinski definition) is 4. The average Bonchev–Trinajstić information content (AvgIpc) is 2.05. The summed E-state index contributed by atoms with van der Waals surface area (Å²) in [5, 5.41) is 0. The summed E-state index contributed by atoms with van der Waals surface area (Å²) in [6.07, 6.45) is 0. The molecule has 5 heteroatoms. The fourth-order valence-electron chi connectivity index (χ4n) is 0.898. The minimum absolute atomic E-state index is 0.226. The molecular weight excluding hydrogens is 190 g/mol. The van der Waals surface area contributed by atoms with Crippen molar-refractivity contribution in [1.29, 1.82) is 0 Å². The summed E-state index contributed by atoms with van der Waals surface area (Å²) in [5.41, 5.74) is 5.96. The first kappa shape index (κ1) is 10.0. The van der Waals surface area contributed by atoms with Gasteiger partial charge in [0.25, 0.3) is 0 Å². The van der Waals surface area contributed by atoms with Crippen molar-refractivity contribution in [3.05, 3.63) is 24.3 Å². The van der Waals surface area contributed by atoms with Crippen molar-refractivity contribution in [2.24, 2.45) is 0 Å². The van der Waals surface area contributed by atoms with Crippen molar-refractivity contribution in [2.75, 3.05) is 18.8 Å². The zero-order chi connectivity index (χ0) is 9.90. The Morgan fingerprint density at radius 1 is 1.31 bits per heavy atom. The van der Waals surface area contributed by atoms with Crippen LogP contribution >= 0.6 is 0 Å². The topological polar surface area (TPSA) is 69.4 Å². The number of nitrogen functional groups attached to an aromatic ring is 1. The molecule has 1 aromatic carbocycles. The van der Waals surface area contributed by atoms with Gasteiger partial charge < -0.3 is 10.5 Å². The van der Waals surface area contributed by atoms with Gasteiger partial charge in [0.2, 0.25) is 9.84 Å². The molecule has 0 aliphatic heterocycles. The van der Waals surface area contributed by atoms with Gasteiger partial charge in [0.15, 0.2) is 5.94 Å². The van der Waals surface area contributed by atoms with Gasteiger partial charge in [-0.15, -0.1) is 0 Å². The van der Waals surface area contributed by atoms with Crippen molar-refractivity contribution in [3.63, 3.8) is 0 Å². The van der Waals surface area contributed by atoms with E-state index in [-0.39, 0.29) is 10.8 Å². The van der Waals surface area contributed by atoms with Gasteiger partial charge in [-0.05, 0) is 24.3 Å². The molecule has 4 nitrogen and oxygen atoms in total. The summed E-state index contributed by atoms with van der Waals surface area (Å²) in [6, 6.07) is 6.01. The van der Waals surface area contributed by atoms with Crippen molar-refractivity contribution in [1.82, 2.24) is 0 Å². The molecule has 72 valence electrons. The Balaban J connectivity index is 3.02. The van der Waals surface area contributed by atoms with E-state index in [2.05, 4.69) is 4.74 Å². The summed E-state index contributed by atoms with van der Waals surface area (Å²) in [5.74, 6) is -0.309. The fraction of sp³-hybridized carbons (Fsp3) is 0.250. The molecule has 0 aromatic heterocycles. The standard InChI is InChI=1S/C8H11NO3S/c1-12-6-13(10,11)8-4-2-7(9)3-5-8/h2-5H,6,9H2,1H3. The van der Waals surface area contributed by atoms with Crippen LogP contribution in [0.15, 0.2) is 29.2 Å². The molecule has 0 unspecified atom stereocenters. The van der Waals surface area contributed by atoms with E-state index in [0.29, 0.717) is 5.69 Å². The zero-order valence-electron chi connectivity index (χ0n) is 7.23. The van der Waals surface area contributed by atoms with Gasteiger partial charge >= 0.3 is 0 Å². The highest BCUT2D eigenvalue weighted by molar-refractivity contribution is 7.91. The van der Waals surface area contributed by atoms with E-state index >= 15 is 0 Å². The third-order valence-corrected chi connectivity index (χ3v) is 3.05. The lowest BCUT2D eigenvalue weighted by Crippen LogP contribution is -2.08. The van der Waals surface area contributed by atoms with Crippen LogP contribution in [-0.4, -0.2) is 21.5 Å². The summed E-state index contributed by atoms with van der Waals surface area (Å²) < 4.78 is 27.3. The van der Waals surface area contributed by atoms with Crippen LogP contribution in [-0.2, 0) is 14.6 Å². The Bertz CT molecular complexity index is 369. The van der Waals surface area contributed by atoms with Crippen molar-refractivity contribution < 1.29 is 13.2 Å². The first-order valence-electron chi connectivity index (χ1n) is 3.63. The van der Waals surface area contributed by atoms with Crippen LogP contribution in [0.3, 0.4) is 0 Å². The molecule has 2 N–H and O–H groups in total. The molecule has 0 atom stereocenters. The number of nitrogens with two attached hydrogens (primary N) is 1. The van der Waals surface area contributed by atoms with Crippen LogP contribution in [0.1, 0.15) is 0 Å². The third kappa shape index (κ3) is 2.43. The van der Waals surface area contributed by atoms with E-state index in [1.165, 1.54) is 19.2 Å². The quantitative estimate of drug-likeness (QED) is 0.729. The van der Waals surface area contributed by atoms with E-state index in [1.807, 2.05) is 0 Å². The molecule has 0 fully saturated rings. The number of benzene rings is 1. The average molecular weight is 201 g/mol. The van der Waals surface area contributed by atoms with Crippen LogP contribution in [0, 0.1) is 0 Å². The predicted molar refractivity (Wildman–Crippen MR) is 49.9 cm³/mol. The number of anilines is 1. The van der Waals surface area contributed by atoms with Crippen molar-refractivity contribution >= 4 is 15.5 Å². The highest BCUT2D eigenvalue weighted by atomic mass is 32.2. The first-order chi connectivity index (χ1) is 6.06. The van der Waals surface area contributed by atoms with Crippen molar-refractivity contribution in [2.45, 2.75) is 4.90 Å². The predicted octanol–water partition coefficient (Wildman–Crippen LogP) is 0.646. The van der Waals surface area contributed by atoms with Crippen LogP contribution in [0.2, 0.25) is 0 Å². The Morgan fingerprint density at radius 3 is 2.31 bits per heavy atom. The molecule has 0 spiro atoms. The van der Waals surface area contributed by atoms with E-state index in [9.17, 15) is 8.42 Å². The molecule has 0 saturated carbocycles. The zero-order valence-corrected chi connectivity index (χ0v) is 8.04. The minimum Gasteiger partial charge on any atom is -0.399 e. The Morgan fingerprint density at radius 2 is 1.85 bits per heavy atom. The lowest BCUT2D eigenvalue weighted by molar-refractivity contribution is 0.250. The van der Waals surface area contributed by atoms with Gasteiger partial charge in [0.1, 0.15) is 0 Å². The molecule has 1 aromatic rings. The summed E-state index contributed by atoms with van der Waals surface area (Å²) in [6.45, 7) is 0. The fourth-order valence-corrected chi connectivity index (χ4v) is 1.90. The maximum absolute atomic E-state index is 11.4. The second-order valence-corrected chi connectivity index (χ2v) is 4.53. The Labute approximate surface area is 77.2 Å². The van der Waals surface area contributed by atoms with Crippen LogP contribution in [0.4, 0.5) is 5.69 Å². The summed E-state index contributed by atoms with van der Waals surface area (Å²) >= 11 is 0. The van der Waals surface area contributed by atoms with E-state index in [4.69, 9.17) is 5.73 Å². The lowest BCUT2D eigenvalue weighted by atomic mass is 10.3. The smallest absolute Gasteiger partial charge is 0.202 e. The van der Waals surface area contributed by atoms with Gasteiger partial charge in [-0.25, -0.2) is 8.42 Å². The lowest BCUT2D eigenvalue weighted by Gasteiger charge is -2.02. The monoisotopic (exact) mass is 201 g/mol. The molecule has 0 heterocycles. The molecule has 0 saturated heterocycles. The van der Waals surface area contributed by atoms with Crippen LogP contribution in [0.25, 0.3) is 0 Å². The number of hydrogen-bond donors (Lipinski definition) is 1. The number of sulfone groups is 1. The molecular formula is C8H11NO3S. The largest absolute Gasteiger partial charge is 0.399 e. The maximum atomic E-state index is 11.4. The summed E-state index contributed by atoms with van der Waals surface area (Å²) in [4.78, 5) is 0.226. The van der Waals surface area contributed by atoms with E-state index in [1.54, 1.807) is 12.1 Å². The minimum atomic E-state index is -3.30. The third-order valence-electron chi connectivity index (χ3n) is 1.51. The van der Waals surface area contributed by atoms with Crippen LogP contribution < -0.4 is 5.73 Å². The maximum Gasteiger partial charge on any atom is 0.202 e. The normalized spacial score (nSPS) is 11.5. The molecule has 0 aliphatic rings. The Kier molecular flexibility index (Phi) is 2.90. The van der Waals surface area contributed by atoms with E-state index in [0.717, 1.165) is 0 Å². The van der Waals surface area contributed by atoms with Gasteiger partial charge in [-0.1, -0.05) is 0 Å². The van der Waals surface area contributed by atoms with Gasteiger partial charge in [-0.2, -0.15) is 0 Å². The SMILES string of the molecule is COCS(=O)(=O)c1ccc(N)cc1. The molecule has 0 amide bonds. The number of ether oxygens (including phenoxy) is 1. The highest BCUT2D eigenvalue weighted by Gasteiger charge is 2.12. The number of rotatable bonds is 3. The van der Waals surface area contributed by atoms with Gasteiger partial charge in [-0.3, -0.25) is 0 Å². The summed E-state index contributed by atoms with van der Waals surface area (Å²) in [7, 11) is -1.96. The second kappa shape index (κ2) is 3.76. The first-order valence-corrected chi connectivity index (χ1v) is 5.29. The van der Waals surface area contributed by atoms with E-state index < -0.39 is 9.84 Å².